The Morgan fingerprint density at radius 1 is 1.27 bits per heavy atom. The lowest BCUT2D eigenvalue weighted by atomic mass is 9.92. The van der Waals surface area contributed by atoms with E-state index in [1.165, 1.54) is 31.4 Å². The van der Waals surface area contributed by atoms with E-state index in [1.807, 2.05) is 0 Å². The molecular weight excluding hydrogens is 190 g/mol. The summed E-state index contributed by atoms with van der Waals surface area (Å²) in [5, 5.41) is 4.18. The van der Waals surface area contributed by atoms with Crippen molar-refractivity contribution in [1.82, 2.24) is 5.43 Å². The van der Waals surface area contributed by atoms with Gasteiger partial charge in [-0.05, 0) is 49.9 Å². The molecule has 0 aromatic rings. The fourth-order valence-electron chi connectivity index (χ4n) is 4.08. The van der Waals surface area contributed by atoms with Gasteiger partial charge in [0.25, 0.3) is 0 Å². The fourth-order valence-corrected chi connectivity index (χ4v) is 4.08. The standard InChI is InChI=1S/C11H17N3O/c12-11(15)14-13-9-5-7-2-1-6-3-4-8(9)10(6)7/h6-8,10H,1-5H2,(H3,12,14,15)/b13-9-/t6-,7+,8-,10+/m1/s1. The lowest BCUT2D eigenvalue weighted by Crippen LogP contribution is -2.26. The third-order valence-corrected chi connectivity index (χ3v) is 4.52. The molecule has 4 atom stereocenters. The van der Waals surface area contributed by atoms with Crippen molar-refractivity contribution in [3.8, 4) is 0 Å². The Labute approximate surface area is 89.3 Å². The van der Waals surface area contributed by atoms with Gasteiger partial charge in [0.2, 0.25) is 0 Å². The number of amides is 2. The van der Waals surface area contributed by atoms with E-state index in [1.54, 1.807) is 0 Å². The van der Waals surface area contributed by atoms with Gasteiger partial charge in [-0.1, -0.05) is 0 Å². The van der Waals surface area contributed by atoms with Gasteiger partial charge in [-0.25, -0.2) is 10.2 Å². The van der Waals surface area contributed by atoms with Crippen molar-refractivity contribution in [2.45, 2.75) is 32.1 Å². The zero-order chi connectivity index (χ0) is 10.4. The fraction of sp³-hybridized carbons (Fsp3) is 0.818. The van der Waals surface area contributed by atoms with Gasteiger partial charge in [-0.2, -0.15) is 5.10 Å². The number of primary amides is 1. The number of hydrazone groups is 1. The van der Waals surface area contributed by atoms with E-state index >= 15 is 0 Å². The Morgan fingerprint density at radius 3 is 2.80 bits per heavy atom. The number of nitrogens with zero attached hydrogens (tertiary/aromatic N) is 1. The maximum Gasteiger partial charge on any atom is 0.332 e. The zero-order valence-electron chi connectivity index (χ0n) is 8.78. The van der Waals surface area contributed by atoms with Gasteiger partial charge in [0.05, 0.1) is 0 Å². The van der Waals surface area contributed by atoms with Crippen molar-refractivity contribution >= 4 is 11.7 Å². The third kappa shape index (κ3) is 1.34. The summed E-state index contributed by atoms with van der Waals surface area (Å²) >= 11 is 0. The highest BCUT2D eigenvalue weighted by Gasteiger charge is 2.51. The van der Waals surface area contributed by atoms with Crippen molar-refractivity contribution in [3.05, 3.63) is 0 Å². The number of carbonyl (C=O) groups is 1. The van der Waals surface area contributed by atoms with E-state index in [0.717, 1.165) is 24.2 Å². The second-order valence-corrected chi connectivity index (χ2v) is 5.14. The van der Waals surface area contributed by atoms with Crippen LogP contribution in [-0.2, 0) is 0 Å². The van der Waals surface area contributed by atoms with E-state index in [0.29, 0.717) is 5.92 Å². The van der Waals surface area contributed by atoms with Gasteiger partial charge >= 0.3 is 6.03 Å². The van der Waals surface area contributed by atoms with Crippen LogP contribution in [0.1, 0.15) is 32.1 Å². The van der Waals surface area contributed by atoms with Crippen LogP contribution in [0, 0.1) is 23.7 Å². The van der Waals surface area contributed by atoms with Gasteiger partial charge in [0.15, 0.2) is 0 Å². The molecule has 3 aliphatic carbocycles. The molecule has 0 aliphatic heterocycles. The molecule has 0 saturated heterocycles. The average molecular weight is 207 g/mol. The first-order valence-electron chi connectivity index (χ1n) is 5.87. The molecular formula is C11H17N3O. The largest absolute Gasteiger partial charge is 0.350 e. The van der Waals surface area contributed by atoms with Crippen molar-refractivity contribution < 1.29 is 4.79 Å². The summed E-state index contributed by atoms with van der Waals surface area (Å²) in [4.78, 5) is 10.6. The van der Waals surface area contributed by atoms with Crippen LogP contribution in [0.5, 0.6) is 0 Å². The highest BCUT2D eigenvalue weighted by molar-refractivity contribution is 5.90. The Morgan fingerprint density at radius 2 is 2.00 bits per heavy atom. The second-order valence-electron chi connectivity index (χ2n) is 5.14. The Hall–Kier alpha value is -1.06. The molecule has 0 radical (unpaired) electrons. The SMILES string of the molecule is NC(=O)N/N=C1/C[C@@H]2CC[C@@H]3CC[C@H]1[C@@H]32. The molecule has 15 heavy (non-hydrogen) atoms. The molecule has 82 valence electrons. The van der Waals surface area contributed by atoms with E-state index in [9.17, 15) is 4.79 Å². The lowest BCUT2D eigenvalue weighted by molar-refractivity contribution is 0.249. The Kier molecular flexibility index (Phi) is 1.97. The number of nitrogens with one attached hydrogen (secondary N) is 1. The predicted octanol–water partition coefficient (Wildman–Crippen LogP) is 1.47. The van der Waals surface area contributed by atoms with E-state index < -0.39 is 6.03 Å². The number of nitrogens with two attached hydrogens (primary N) is 1. The number of hydrogen-bond acceptors (Lipinski definition) is 2. The van der Waals surface area contributed by atoms with Crippen LogP contribution >= 0.6 is 0 Å². The first-order chi connectivity index (χ1) is 7.25. The molecule has 3 saturated carbocycles. The minimum absolute atomic E-state index is 0.547. The average Bonchev–Trinajstić information content (AvgIpc) is 2.83. The molecule has 0 spiro atoms. The van der Waals surface area contributed by atoms with Gasteiger partial charge in [0.1, 0.15) is 0 Å². The Bertz CT molecular complexity index is 326. The monoisotopic (exact) mass is 207 g/mol. The van der Waals surface area contributed by atoms with Gasteiger partial charge in [-0.3, -0.25) is 0 Å². The summed E-state index contributed by atoms with van der Waals surface area (Å²) in [6.45, 7) is 0. The topological polar surface area (TPSA) is 67.5 Å². The third-order valence-electron chi connectivity index (χ3n) is 4.52. The molecule has 3 aliphatic rings. The van der Waals surface area contributed by atoms with Crippen LogP contribution in [-0.4, -0.2) is 11.7 Å². The van der Waals surface area contributed by atoms with Gasteiger partial charge < -0.3 is 5.73 Å². The zero-order valence-corrected chi connectivity index (χ0v) is 8.78. The molecule has 4 heteroatoms. The molecule has 2 amide bonds. The highest BCUT2D eigenvalue weighted by Crippen LogP contribution is 2.57. The number of rotatable bonds is 1. The summed E-state index contributed by atoms with van der Waals surface area (Å²) in [6.07, 6.45) is 6.50. The molecule has 0 aromatic heterocycles. The first-order valence-corrected chi connectivity index (χ1v) is 5.87. The summed E-state index contributed by atoms with van der Waals surface area (Å²) < 4.78 is 0. The number of urea groups is 1. The van der Waals surface area contributed by atoms with Crippen molar-refractivity contribution in [2.75, 3.05) is 0 Å². The van der Waals surface area contributed by atoms with Crippen LogP contribution in [0.2, 0.25) is 0 Å². The highest BCUT2D eigenvalue weighted by atomic mass is 16.2. The molecule has 3 rings (SSSR count). The van der Waals surface area contributed by atoms with Crippen molar-refractivity contribution in [1.29, 1.82) is 0 Å². The van der Waals surface area contributed by atoms with E-state index in [4.69, 9.17) is 5.73 Å². The molecule has 3 N–H and O–H groups in total. The normalized spacial score (nSPS) is 44.7. The predicted molar refractivity (Wildman–Crippen MR) is 57.2 cm³/mol. The van der Waals surface area contributed by atoms with Crippen LogP contribution < -0.4 is 11.2 Å². The maximum absolute atomic E-state index is 10.6. The molecule has 3 fully saturated rings. The second kappa shape index (κ2) is 3.22. The molecule has 0 unspecified atom stereocenters. The van der Waals surface area contributed by atoms with Gasteiger partial charge in [-0.15, -0.1) is 0 Å². The Balaban J connectivity index is 1.78. The summed E-state index contributed by atoms with van der Waals surface area (Å²) in [5.74, 6) is 3.31. The van der Waals surface area contributed by atoms with E-state index in [-0.39, 0.29) is 0 Å². The summed E-state index contributed by atoms with van der Waals surface area (Å²) in [7, 11) is 0. The first kappa shape index (κ1) is 9.19. The maximum atomic E-state index is 10.6. The minimum Gasteiger partial charge on any atom is -0.350 e. The smallest absolute Gasteiger partial charge is 0.332 e. The quantitative estimate of drug-likeness (QED) is 0.628. The summed E-state index contributed by atoms with van der Waals surface area (Å²) in [6, 6.07) is -0.547. The summed E-state index contributed by atoms with van der Waals surface area (Å²) in [5.41, 5.74) is 8.61. The minimum atomic E-state index is -0.547. The molecule has 4 nitrogen and oxygen atoms in total. The van der Waals surface area contributed by atoms with Crippen LogP contribution in [0.3, 0.4) is 0 Å². The van der Waals surface area contributed by atoms with Crippen LogP contribution in [0.25, 0.3) is 0 Å². The number of hydrogen-bond donors (Lipinski definition) is 2. The van der Waals surface area contributed by atoms with Crippen LogP contribution in [0.15, 0.2) is 5.10 Å². The molecule has 0 heterocycles. The lowest BCUT2D eigenvalue weighted by Gasteiger charge is -2.12. The van der Waals surface area contributed by atoms with E-state index in [2.05, 4.69) is 10.5 Å². The molecule has 0 bridgehead atoms. The molecule has 0 aromatic carbocycles. The van der Waals surface area contributed by atoms with Gasteiger partial charge in [0, 0.05) is 11.6 Å². The van der Waals surface area contributed by atoms with Crippen LogP contribution in [0.4, 0.5) is 4.79 Å². The van der Waals surface area contributed by atoms with Crippen molar-refractivity contribution in [3.63, 3.8) is 0 Å². The number of carbonyl (C=O) groups excluding carboxylic acids is 1. The van der Waals surface area contributed by atoms with Crippen molar-refractivity contribution in [2.24, 2.45) is 34.5 Å².